The molecule has 1 aliphatic heterocycles. The number of hydrogen-bond donors (Lipinski definition) is 1. The quantitative estimate of drug-likeness (QED) is 0.909. The standard InChI is InChI=1S/C15H20N4O3/c1-4-5-12-17-10(7-21-12)13-18-14(22-19-13)15(9(2)3)6-11(20)16-8-15/h7,9H,4-6,8H2,1-3H3,(H,16,20). The Kier molecular flexibility index (Phi) is 3.72. The molecule has 1 N–H and O–H groups in total. The minimum Gasteiger partial charge on any atom is -0.448 e. The number of hydrogen-bond acceptors (Lipinski definition) is 6. The zero-order valence-electron chi connectivity index (χ0n) is 13.0. The summed E-state index contributed by atoms with van der Waals surface area (Å²) in [5, 5.41) is 6.87. The van der Waals surface area contributed by atoms with Gasteiger partial charge in [-0.05, 0) is 12.3 Å². The second-order valence-corrected chi connectivity index (χ2v) is 6.06. The van der Waals surface area contributed by atoms with E-state index in [-0.39, 0.29) is 11.8 Å². The molecule has 7 heteroatoms. The molecule has 22 heavy (non-hydrogen) atoms. The second-order valence-electron chi connectivity index (χ2n) is 6.06. The Morgan fingerprint density at radius 1 is 1.41 bits per heavy atom. The molecule has 0 aromatic carbocycles. The van der Waals surface area contributed by atoms with Gasteiger partial charge in [-0.25, -0.2) is 4.98 Å². The van der Waals surface area contributed by atoms with E-state index in [1.165, 1.54) is 0 Å². The maximum absolute atomic E-state index is 11.7. The lowest BCUT2D eigenvalue weighted by Crippen LogP contribution is -2.35. The predicted molar refractivity (Wildman–Crippen MR) is 77.9 cm³/mol. The first-order chi connectivity index (χ1) is 10.5. The molecule has 3 heterocycles. The smallest absolute Gasteiger partial charge is 0.235 e. The van der Waals surface area contributed by atoms with Crippen LogP contribution in [0.4, 0.5) is 0 Å². The molecule has 0 aliphatic carbocycles. The van der Waals surface area contributed by atoms with Crippen molar-refractivity contribution in [1.29, 1.82) is 0 Å². The summed E-state index contributed by atoms with van der Waals surface area (Å²) in [4.78, 5) is 20.5. The molecule has 2 aromatic heterocycles. The summed E-state index contributed by atoms with van der Waals surface area (Å²) in [6.07, 6.45) is 3.65. The van der Waals surface area contributed by atoms with E-state index in [1.54, 1.807) is 6.26 Å². The molecule has 0 radical (unpaired) electrons. The number of nitrogens with one attached hydrogen (secondary N) is 1. The molecule has 1 amide bonds. The summed E-state index contributed by atoms with van der Waals surface area (Å²) in [5.41, 5.74) is 0.118. The van der Waals surface area contributed by atoms with Crippen molar-refractivity contribution in [1.82, 2.24) is 20.4 Å². The van der Waals surface area contributed by atoms with Gasteiger partial charge in [-0.3, -0.25) is 4.79 Å². The largest absolute Gasteiger partial charge is 0.448 e. The van der Waals surface area contributed by atoms with Gasteiger partial charge in [0.05, 0.1) is 5.41 Å². The van der Waals surface area contributed by atoms with E-state index in [1.807, 2.05) is 0 Å². The first-order valence-corrected chi connectivity index (χ1v) is 7.61. The van der Waals surface area contributed by atoms with Crippen LogP contribution in [0.15, 0.2) is 15.2 Å². The van der Waals surface area contributed by atoms with Crippen molar-refractivity contribution in [3.05, 3.63) is 18.0 Å². The van der Waals surface area contributed by atoms with Gasteiger partial charge in [-0.15, -0.1) is 0 Å². The minimum atomic E-state index is -0.446. The number of carbonyl (C=O) groups excluding carboxylic acids is 1. The van der Waals surface area contributed by atoms with E-state index in [4.69, 9.17) is 8.94 Å². The number of oxazole rings is 1. The van der Waals surface area contributed by atoms with E-state index in [0.29, 0.717) is 36.3 Å². The van der Waals surface area contributed by atoms with E-state index in [2.05, 4.69) is 41.2 Å². The van der Waals surface area contributed by atoms with Crippen molar-refractivity contribution in [2.45, 2.75) is 45.4 Å². The minimum absolute atomic E-state index is 0.0140. The van der Waals surface area contributed by atoms with Crippen LogP contribution in [0.5, 0.6) is 0 Å². The van der Waals surface area contributed by atoms with Crippen LogP contribution in [0, 0.1) is 5.92 Å². The lowest BCUT2D eigenvalue weighted by molar-refractivity contribution is -0.119. The molecule has 1 saturated heterocycles. The topological polar surface area (TPSA) is 94.1 Å². The summed E-state index contributed by atoms with van der Waals surface area (Å²) in [5.74, 6) is 1.77. The molecular weight excluding hydrogens is 284 g/mol. The Hall–Kier alpha value is -2.18. The first-order valence-electron chi connectivity index (χ1n) is 7.61. The Morgan fingerprint density at radius 3 is 2.86 bits per heavy atom. The number of aryl methyl sites for hydroxylation is 1. The fourth-order valence-electron chi connectivity index (χ4n) is 2.75. The Labute approximate surface area is 128 Å². The van der Waals surface area contributed by atoms with Gasteiger partial charge in [0.25, 0.3) is 0 Å². The molecule has 118 valence electrons. The van der Waals surface area contributed by atoms with Crippen molar-refractivity contribution in [2.24, 2.45) is 5.92 Å². The van der Waals surface area contributed by atoms with Crippen LogP contribution in [-0.2, 0) is 16.6 Å². The van der Waals surface area contributed by atoms with E-state index in [0.717, 1.165) is 12.8 Å². The zero-order valence-corrected chi connectivity index (χ0v) is 13.0. The van der Waals surface area contributed by atoms with Crippen molar-refractivity contribution in [3.8, 4) is 11.5 Å². The van der Waals surface area contributed by atoms with Gasteiger partial charge in [0.15, 0.2) is 5.89 Å². The average Bonchev–Trinajstić information content (AvgIpc) is 3.17. The summed E-state index contributed by atoms with van der Waals surface area (Å²) in [6, 6.07) is 0. The Balaban J connectivity index is 1.90. The third kappa shape index (κ3) is 2.40. The first kappa shape index (κ1) is 14.7. The molecular formula is C15H20N4O3. The van der Waals surface area contributed by atoms with Crippen molar-refractivity contribution < 1.29 is 13.7 Å². The van der Waals surface area contributed by atoms with Gasteiger partial charge in [-0.1, -0.05) is 25.9 Å². The van der Waals surface area contributed by atoms with E-state index in [9.17, 15) is 4.79 Å². The van der Waals surface area contributed by atoms with Gasteiger partial charge in [0, 0.05) is 19.4 Å². The summed E-state index contributed by atoms with van der Waals surface area (Å²) in [6.45, 7) is 6.69. The van der Waals surface area contributed by atoms with E-state index >= 15 is 0 Å². The molecule has 1 atom stereocenters. The highest BCUT2D eigenvalue weighted by Gasteiger charge is 2.47. The van der Waals surface area contributed by atoms with Crippen LogP contribution in [0.3, 0.4) is 0 Å². The number of nitrogens with zero attached hydrogens (tertiary/aromatic N) is 3. The Morgan fingerprint density at radius 2 is 2.23 bits per heavy atom. The SMILES string of the molecule is CCCc1nc(-c2noc(C3(C(C)C)CNC(=O)C3)n2)co1. The van der Waals surface area contributed by atoms with Crippen LogP contribution in [-0.4, -0.2) is 27.6 Å². The number of aromatic nitrogens is 3. The second kappa shape index (κ2) is 5.55. The fraction of sp³-hybridized carbons (Fsp3) is 0.600. The monoisotopic (exact) mass is 304 g/mol. The highest BCUT2D eigenvalue weighted by molar-refractivity contribution is 5.80. The molecule has 0 spiro atoms. The Bertz CT molecular complexity index is 676. The van der Waals surface area contributed by atoms with Crippen molar-refractivity contribution in [2.75, 3.05) is 6.54 Å². The predicted octanol–water partition coefficient (Wildman–Crippen LogP) is 2.09. The van der Waals surface area contributed by atoms with Crippen LogP contribution in [0.1, 0.15) is 45.4 Å². The summed E-state index contributed by atoms with van der Waals surface area (Å²) < 4.78 is 10.8. The highest BCUT2D eigenvalue weighted by Crippen LogP contribution is 2.38. The molecule has 0 bridgehead atoms. The van der Waals surface area contributed by atoms with Crippen LogP contribution in [0.2, 0.25) is 0 Å². The van der Waals surface area contributed by atoms with E-state index < -0.39 is 5.41 Å². The van der Waals surface area contributed by atoms with Gasteiger partial charge in [0.1, 0.15) is 12.0 Å². The molecule has 1 unspecified atom stereocenters. The van der Waals surface area contributed by atoms with Crippen molar-refractivity contribution in [3.63, 3.8) is 0 Å². The highest BCUT2D eigenvalue weighted by atomic mass is 16.5. The van der Waals surface area contributed by atoms with Gasteiger partial charge in [0.2, 0.25) is 17.6 Å². The molecule has 2 aromatic rings. The number of amides is 1. The molecule has 1 fully saturated rings. The van der Waals surface area contributed by atoms with Gasteiger partial charge < -0.3 is 14.3 Å². The van der Waals surface area contributed by atoms with Gasteiger partial charge in [-0.2, -0.15) is 4.98 Å². The summed E-state index contributed by atoms with van der Waals surface area (Å²) >= 11 is 0. The molecule has 3 rings (SSSR count). The van der Waals surface area contributed by atoms with Gasteiger partial charge >= 0.3 is 0 Å². The number of carbonyl (C=O) groups is 1. The van der Waals surface area contributed by atoms with Crippen LogP contribution >= 0.6 is 0 Å². The molecule has 1 aliphatic rings. The number of rotatable bonds is 5. The maximum Gasteiger partial charge on any atom is 0.235 e. The third-order valence-electron chi connectivity index (χ3n) is 4.28. The zero-order chi connectivity index (χ0) is 15.7. The fourth-order valence-corrected chi connectivity index (χ4v) is 2.75. The molecule has 0 saturated carbocycles. The van der Waals surface area contributed by atoms with Crippen LogP contribution < -0.4 is 5.32 Å². The van der Waals surface area contributed by atoms with Crippen molar-refractivity contribution >= 4 is 5.91 Å². The lowest BCUT2D eigenvalue weighted by atomic mass is 9.76. The molecule has 7 nitrogen and oxygen atoms in total. The lowest BCUT2D eigenvalue weighted by Gasteiger charge is -2.26. The normalized spacial score (nSPS) is 21.5. The average molecular weight is 304 g/mol. The maximum atomic E-state index is 11.7. The summed E-state index contributed by atoms with van der Waals surface area (Å²) in [7, 11) is 0. The third-order valence-corrected chi connectivity index (χ3v) is 4.28. The van der Waals surface area contributed by atoms with Crippen LogP contribution in [0.25, 0.3) is 11.5 Å².